The van der Waals surface area contributed by atoms with E-state index in [4.69, 9.17) is 5.14 Å². The van der Waals surface area contributed by atoms with Gasteiger partial charge in [0.15, 0.2) is 0 Å². The molecule has 0 aliphatic heterocycles. The van der Waals surface area contributed by atoms with Crippen LogP contribution >= 0.6 is 0 Å². The summed E-state index contributed by atoms with van der Waals surface area (Å²) in [7, 11) is -3.59. The van der Waals surface area contributed by atoms with Crippen LogP contribution in [0.4, 0.5) is 0 Å². The lowest BCUT2D eigenvalue weighted by Gasteiger charge is -2.29. The third kappa shape index (κ3) is 4.32. The molecule has 4 heteroatoms. The number of benzene rings is 1. The SMILES string of the molecule is CCCCCC(C)(CC)c1ccc(S(N)(=O)=O)cc1. The van der Waals surface area contributed by atoms with Crippen LogP contribution in [0.2, 0.25) is 0 Å². The van der Waals surface area contributed by atoms with E-state index < -0.39 is 10.0 Å². The smallest absolute Gasteiger partial charge is 0.225 e. The molecule has 0 heterocycles. The predicted octanol–water partition coefficient (Wildman–Crippen LogP) is 3.58. The molecule has 0 aromatic heterocycles. The molecule has 2 N–H and O–H groups in total. The molecule has 0 bridgehead atoms. The average molecular weight is 283 g/mol. The number of sulfonamides is 1. The van der Waals surface area contributed by atoms with E-state index in [0.717, 1.165) is 12.8 Å². The molecule has 0 spiro atoms. The number of primary sulfonamides is 1. The number of nitrogens with two attached hydrogens (primary N) is 1. The Morgan fingerprint density at radius 2 is 1.68 bits per heavy atom. The van der Waals surface area contributed by atoms with Crippen molar-refractivity contribution in [2.75, 3.05) is 0 Å². The van der Waals surface area contributed by atoms with Gasteiger partial charge in [0.1, 0.15) is 0 Å². The van der Waals surface area contributed by atoms with Gasteiger partial charge >= 0.3 is 0 Å². The molecule has 0 radical (unpaired) electrons. The second-order valence-electron chi connectivity index (χ2n) is 5.44. The van der Waals surface area contributed by atoms with Gasteiger partial charge in [-0.15, -0.1) is 0 Å². The van der Waals surface area contributed by atoms with Crippen molar-refractivity contribution in [3.63, 3.8) is 0 Å². The molecular weight excluding hydrogens is 258 g/mol. The summed E-state index contributed by atoms with van der Waals surface area (Å²) in [4.78, 5) is 0.184. The highest BCUT2D eigenvalue weighted by molar-refractivity contribution is 7.89. The van der Waals surface area contributed by atoms with Crippen LogP contribution in [0.15, 0.2) is 29.2 Å². The quantitative estimate of drug-likeness (QED) is 0.777. The van der Waals surface area contributed by atoms with Gasteiger partial charge in [-0.25, -0.2) is 13.6 Å². The first-order valence-electron chi connectivity index (χ1n) is 6.97. The van der Waals surface area contributed by atoms with Gasteiger partial charge in [0, 0.05) is 0 Å². The molecule has 0 aliphatic rings. The lowest BCUT2D eigenvalue weighted by molar-refractivity contribution is 0.398. The third-order valence-corrected chi connectivity index (χ3v) is 4.92. The van der Waals surface area contributed by atoms with Crippen LogP contribution in [0, 0.1) is 0 Å². The van der Waals surface area contributed by atoms with Gasteiger partial charge in [-0.3, -0.25) is 0 Å². The molecule has 108 valence electrons. The highest BCUT2D eigenvalue weighted by atomic mass is 32.2. The Hall–Kier alpha value is -0.870. The van der Waals surface area contributed by atoms with Crippen LogP contribution in [0.1, 0.15) is 58.4 Å². The van der Waals surface area contributed by atoms with E-state index in [1.807, 2.05) is 12.1 Å². The second kappa shape index (κ2) is 6.53. The van der Waals surface area contributed by atoms with Gasteiger partial charge in [-0.2, -0.15) is 0 Å². The standard InChI is InChI=1S/C15H25NO2S/c1-4-6-7-12-15(3,5-2)13-8-10-14(11-9-13)19(16,17)18/h8-11H,4-7,12H2,1-3H3,(H2,16,17,18). The maximum absolute atomic E-state index is 11.3. The van der Waals surface area contributed by atoms with Gasteiger partial charge in [0.05, 0.1) is 4.90 Å². The summed E-state index contributed by atoms with van der Waals surface area (Å²) in [5, 5.41) is 5.12. The normalized spacial score (nSPS) is 15.2. The molecule has 1 aromatic rings. The first-order valence-corrected chi connectivity index (χ1v) is 8.51. The lowest BCUT2D eigenvalue weighted by atomic mass is 9.76. The topological polar surface area (TPSA) is 60.2 Å². The fraction of sp³-hybridized carbons (Fsp3) is 0.600. The van der Waals surface area contributed by atoms with E-state index in [9.17, 15) is 8.42 Å². The minimum Gasteiger partial charge on any atom is -0.225 e. The van der Waals surface area contributed by atoms with Crippen molar-refractivity contribution in [2.45, 2.75) is 63.2 Å². The van der Waals surface area contributed by atoms with Crippen molar-refractivity contribution in [3.05, 3.63) is 29.8 Å². The molecule has 0 saturated heterocycles. The van der Waals surface area contributed by atoms with E-state index in [1.54, 1.807) is 12.1 Å². The zero-order valence-electron chi connectivity index (χ0n) is 12.1. The van der Waals surface area contributed by atoms with Crippen molar-refractivity contribution < 1.29 is 8.42 Å². The Bertz CT molecular complexity index is 493. The Labute approximate surface area is 117 Å². The highest BCUT2D eigenvalue weighted by Gasteiger charge is 2.24. The number of hydrogen-bond donors (Lipinski definition) is 1. The zero-order valence-corrected chi connectivity index (χ0v) is 13.0. The summed E-state index contributed by atoms with van der Waals surface area (Å²) in [5.41, 5.74) is 1.31. The van der Waals surface area contributed by atoms with Crippen LogP contribution in [0.3, 0.4) is 0 Å². The first kappa shape index (κ1) is 16.2. The van der Waals surface area contributed by atoms with Crippen molar-refractivity contribution in [2.24, 2.45) is 5.14 Å². The van der Waals surface area contributed by atoms with E-state index in [2.05, 4.69) is 20.8 Å². The number of rotatable bonds is 7. The lowest BCUT2D eigenvalue weighted by Crippen LogP contribution is -2.21. The van der Waals surface area contributed by atoms with E-state index >= 15 is 0 Å². The van der Waals surface area contributed by atoms with Crippen molar-refractivity contribution in [3.8, 4) is 0 Å². The molecule has 1 atom stereocenters. The molecule has 1 rings (SSSR count). The average Bonchev–Trinajstić information content (AvgIpc) is 2.38. The van der Waals surface area contributed by atoms with Crippen LogP contribution in [0.25, 0.3) is 0 Å². The summed E-state index contributed by atoms with van der Waals surface area (Å²) < 4.78 is 22.5. The third-order valence-electron chi connectivity index (χ3n) is 3.99. The summed E-state index contributed by atoms with van der Waals surface area (Å²) >= 11 is 0. The molecule has 0 saturated carbocycles. The van der Waals surface area contributed by atoms with E-state index in [1.165, 1.54) is 24.8 Å². The molecule has 0 amide bonds. The molecule has 1 aromatic carbocycles. The van der Waals surface area contributed by atoms with Gasteiger partial charge in [-0.1, -0.05) is 52.2 Å². The van der Waals surface area contributed by atoms with Crippen LogP contribution < -0.4 is 5.14 Å². The van der Waals surface area contributed by atoms with Crippen LogP contribution in [-0.4, -0.2) is 8.42 Å². The number of hydrogen-bond acceptors (Lipinski definition) is 2. The summed E-state index contributed by atoms with van der Waals surface area (Å²) in [6, 6.07) is 7.02. The van der Waals surface area contributed by atoms with Gasteiger partial charge in [-0.05, 0) is 36.0 Å². The monoisotopic (exact) mass is 283 g/mol. The molecule has 19 heavy (non-hydrogen) atoms. The largest absolute Gasteiger partial charge is 0.238 e. The van der Waals surface area contributed by atoms with E-state index in [-0.39, 0.29) is 10.3 Å². The Balaban J connectivity index is 2.93. The molecule has 1 unspecified atom stereocenters. The Morgan fingerprint density at radius 3 is 2.11 bits per heavy atom. The fourth-order valence-corrected chi connectivity index (χ4v) is 2.85. The molecule has 0 fully saturated rings. The fourth-order valence-electron chi connectivity index (χ4n) is 2.34. The Kier molecular flexibility index (Phi) is 5.56. The second-order valence-corrected chi connectivity index (χ2v) is 7.00. The minimum absolute atomic E-state index is 0.117. The minimum atomic E-state index is -3.59. The number of unbranched alkanes of at least 4 members (excludes halogenated alkanes) is 2. The van der Waals surface area contributed by atoms with E-state index in [0.29, 0.717) is 0 Å². The molecule has 0 aliphatic carbocycles. The Morgan fingerprint density at radius 1 is 1.11 bits per heavy atom. The highest BCUT2D eigenvalue weighted by Crippen LogP contribution is 2.33. The molecular formula is C15H25NO2S. The maximum atomic E-state index is 11.3. The maximum Gasteiger partial charge on any atom is 0.238 e. The van der Waals surface area contributed by atoms with Crippen molar-refractivity contribution >= 4 is 10.0 Å². The molecule has 3 nitrogen and oxygen atoms in total. The predicted molar refractivity (Wildman–Crippen MR) is 79.6 cm³/mol. The van der Waals surface area contributed by atoms with Crippen molar-refractivity contribution in [1.29, 1.82) is 0 Å². The van der Waals surface area contributed by atoms with Gasteiger partial charge in [0.2, 0.25) is 10.0 Å². The van der Waals surface area contributed by atoms with Gasteiger partial charge < -0.3 is 0 Å². The first-order chi connectivity index (χ1) is 8.83. The van der Waals surface area contributed by atoms with Crippen LogP contribution in [-0.2, 0) is 15.4 Å². The zero-order chi connectivity index (χ0) is 14.5. The van der Waals surface area contributed by atoms with Gasteiger partial charge in [0.25, 0.3) is 0 Å². The summed E-state index contributed by atoms with van der Waals surface area (Å²) in [6.45, 7) is 6.62. The van der Waals surface area contributed by atoms with Crippen molar-refractivity contribution in [1.82, 2.24) is 0 Å². The van der Waals surface area contributed by atoms with Crippen LogP contribution in [0.5, 0.6) is 0 Å². The summed E-state index contributed by atoms with van der Waals surface area (Å²) in [5.74, 6) is 0. The summed E-state index contributed by atoms with van der Waals surface area (Å²) in [6.07, 6.45) is 5.84.